The normalized spacial score (nSPS) is 11.6. The lowest BCUT2D eigenvalue weighted by atomic mass is 9.87. The van der Waals surface area contributed by atoms with Gasteiger partial charge in [0.25, 0.3) is 0 Å². The minimum absolute atomic E-state index is 1.15. The van der Waals surface area contributed by atoms with Gasteiger partial charge in [-0.3, -0.25) is 0 Å². The van der Waals surface area contributed by atoms with Crippen LogP contribution in [0.15, 0.2) is 194 Å². The third kappa shape index (κ3) is 4.43. The first-order valence-corrected chi connectivity index (χ1v) is 17.2. The molecular weight excluding hydrogens is 605 g/mol. The lowest BCUT2D eigenvalue weighted by Crippen LogP contribution is -1.96. The summed E-state index contributed by atoms with van der Waals surface area (Å²) >= 11 is 0. The van der Waals surface area contributed by atoms with Crippen molar-refractivity contribution in [3.05, 3.63) is 194 Å². The second-order valence-corrected chi connectivity index (χ2v) is 12.9. The van der Waals surface area contributed by atoms with E-state index in [-0.39, 0.29) is 0 Å². The van der Waals surface area contributed by atoms with Crippen LogP contribution in [0.5, 0.6) is 0 Å². The SMILES string of the molecule is c1ccc(-c2cccc(-c3ccccc3)c2-c2ccc3c4cc(-n5c6ccccc6c6ccccc65)ccc4n(-c4ccccc4)c3c2)cc1. The fourth-order valence-electron chi connectivity index (χ4n) is 7.94. The average Bonchev–Trinajstić information content (AvgIpc) is 3.71. The van der Waals surface area contributed by atoms with Gasteiger partial charge in [-0.25, -0.2) is 0 Å². The molecule has 0 amide bonds. The molecular formula is C48H32N2. The van der Waals surface area contributed by atoms with Gasteiger partial charge in [0.05, 0.1) is 22.1 Å². The summed E-state index contributed by atoms with van der Waals surface area (Å²) in [4.78, 5) is 0. The zero-order chi connectivity index (χ0) is 33.0. The molecule has 8 aromatic carbocycles. The van der Waals surface area contributed by atoms with E-state index in [0.717, 1.165) is 11.4 Å². The Morgan fingerprint density at radius 2 is 0.760 bits per heavy atom. The molecule has 0 spiro atoms. The van der Waals surface area contributed by atoms with Crippen LogP contribution in [0.4, 0.5) is 0 Å². The van der Waals surface area contributed by atoms with Gasteiger partial charge in [0.2, 0.25) is 0 Å². The first kappa shape index (κ1) is 28.4. The summed E-state index contributed by atoms with van der Waals surface area (Å²) in [7, 11) is 0. The summed E-state index contributed by atoms with van der Waals surface area (Å²) in [5, 5.41) is 5.00. The summed E-state index contributed by atoms with van der Waals surface area (Å²) < 4.78 is 4.84. The Hall–Kier alpha value is -6.64. The molecule has 0 aliphatic carbocycles. The van der Waals surface area contributed by atoms with Gasteiger partial charge in [-0.1, -0.05) is 146 Å². The molecule has 0 atom stereocenters. The highest BCUT2D eigenvalue weighted by Gasteiger charge is 2.19. The van der Waals surface area contributed by atoms with Crippen molar-refractivity contribution >= 4 is 43.6 Å². The molecule has 10 aromatic rings. The number of rotatable bonds is 5. The molecule has 0 saturated carbocycles. The fraction of sp³-hybridized carbons (Fsp3) is 0. The molecule has 0 radical (unpaired) electrons. The Labute approximate surface area is 290 Å². The van der Waals surface area contributed by atoms with Crippen LogP contribution >= 0.6 is 0 Å². The zero-order valence-corrected chi connectivity index (χ0v) is 27.4. The van der Waals surface area contributed by atoms with Crippen LogP contribution < -0.4 is 0 Å². The van der Waals surface area contributed by atoms with E-state index in [0.29, 0.717) is 0 Å². The second-order valence-electron chi connectivity index (χ2n) is 12.9. The van der Waals surface area contributed by atoms with Crippen molar-refractivity contribution < 1.29 is 0 Å². The third-order valence-electron chi connectivity index (χ3n) is 10.1. The molecule has 2 heteroatoms. The van der Waals surface area contributed by atoms with E-state index in [1.807, 2.05) is 0 Å². The second kappa shape index (κ2) is 11.5. The molecule has 0 aliphatic rings. The highest BCUT2D eigenvalue weighted by Crippen LogP contribution is 2.43. The first-order chi connectivity index (χ1) is 24.8. The highest BCUT2D eigenvalue weighted by atomic mass is 15.0. The molecule has 0 aliphatic heterocycles. The van der Waals surface area contributed by atoms with E-state index < -0.39 is 0 Å². The van der Waals surface area contributed by atoms with Crippen LogP contribution in [0.3, 0.4) is 0 Å². The van der Waals surface area contributed by atoms with E-state index in [2.05, 4.69) is 203 Å². The number of para-hydroxylation sites is 3. The molecule has 50 heavy (non-hydrogen) atoms. The molecule has 0 fully saturated rings. The van der Waals surface area contributed by atoms with Gasteiger partial charge in [-0.05, 0) is 81.9 Å². The zero-order valence-electron chi connectivity index (χ0n) is 27.4. The number of aromatic nitrogens is 2. The van der Waals surface area contributed by atoms with Gasteiger partial charge in [-0.2, -0.15) is 0 Å². The maximum Gasteiger partial charge on any atom is 0.0547 e. The van der Waals surface area contributed by atoms with E-state index in [9.17, 15) is 0 Å². The van der Waals surface area contributed by atoms with E-state index in [4.69, 9.17) is 0 Å². The van der Waals surface area contributed by atoms with Crippen molar-refractivity contribution in [2.45, 2.75) is 0 Å². The Balaban J connectivity index is 1.26. The summed E-state index contributed by atoms with van der Waals surface area (Å²) in [6.07, 6.45) is 0. The van der Waals surface area contributed by atoms with Crippen molar-refractivity contribution in [2.24, 2.45) is 0 Å². The van der Waals surface area contributed by atoms with Gasteiger partial charge in [0.15, 0.2) is 0 Å². The number of hydrogen-bond donors (Lipinski definition) is 0. The quantitative estimate of drug-likeness (QED) is 0.178. The van der Waals surface area contributed by atoms with Gasteiger partial charge in [-0.15, -0.1) is 0 Å². The molecule has 0 saturated heterocycles. The van der Waals surface area contributed by atoms with Crippen molar-refractivity contribution in [3.63, 3.8) is 0 Å². The van der Waals surface area contributed by atoms with Gasteiger partial charge < -0.3 is 9.13 Å². The largest absolute Gasteiger partial charge is 0.309 e. The standard InChI is InChI=1S/C48H32N2/c1-4-15-33(16-5-1)38-23-14-24-39(34-17-6-2-7-18-34)48(38)35-27-29-42-43-32-37(28-30-46(43)49(47(42)31-35)36-19-8-3-9-20-36)50-44-25-12-10-21-40(44)41-22-11-13-26-45(41)50/h1-32H. The van der Waals surface area contributed by atoms with Gasteiger partial charge in [0.1, 0.15) is 0 Å². The number of hydrogen-bond acceptors (Lipinski definition) is 0. The molecule has 0 unspecified atom stereocenters. The van der Waals surface area contributed by atoms with Crippen LogP contribution in [0.25, 0.3) is 88.4 Å². The first-order valence-electron chi connectivity index (χ1n) is 17.2. The summed E-state index contributed by atoms with van der Waals surface area (Å²) in [6, 6.07) is 70.4. The van der Waals surface area contributed by atoms with Crippen LogP contribution in [0.2, 0.25) is 0 Å². The monoisotopic (exact) mass is 636 g/mol. The van der Waals surface area contributed by atoms with Crippen LogP contribution in [-0.4, -0.2) is 9.13 Å². The minimum atomic E-state index is 1.15. The maximum absolute atomic E-state index is 2.43. The van der Waals surface area contributed by atoms with Crippen LogP contribution in [0.1, 0.15) is 0 Å². The van der Waals surface area contributed by atoms with E-state index in [1.165, 1.54) is 77.0 Å². The molecule has 0 bridgehead atoms. The van der Waals surface area contributed by atoms with Crippen LogP contribution in [-0.2, 0) is 0 Å². The summed E-state index contributed by atoms with van der Waals surface area (Å²) in [5.41, 5.74) is 14.4. The maximum atomic E-state index is 2.43. The molecule has 2 heterocycles. The van der Waals surface area contributed by atoms with Gasteiger partial charge in [0, 0.05) is 32.9 Å². The Kier molecular flexibility index (Phi) is 6.53. The summed E-state index contributed by atoms with van der Waals surface area (Å²) in [6.45, 7) is 0. The molecule has 2 aromatic heterocycles. The lowest BCUT2D eigenvalue weighted by Gasteiger charge is -2.17. The third-order valence-corrected chi connectivity index (χ3v) is 10.1. The number of nitrogens with zero attached hydrogens (tertiary/aromatic N) is 2. The minimum Gasteiger partial charge on any atom is -0.309 e. The molecule has 10 rings (SSSR count). The number of fused-ring (bicyclic) bond motifs is 6. The topological polar surface area (TPSA) is 9.86 Å². The molecule has 0 N–H and O–H groups in total. The van der Waals surface area contributed by atoms with E-state index >= 15 is 0 Å². The van der Waals surface area contributed by atoms with Crippen molar-refractivity contribution in [3.8, 4) is 44.8 Å². The summed E-state index contributed by atoms with van der Waals surface area (Å²) in [5.74, 6) is 0. The molecule has 2 nitrogen and oxygen atoms in total. The van der Waals surface area contributed by atoms with Crippen molar-refractivity contribution in [1.29, 1.82) is 0 Å². The average molecular weight is 637 g/mol. The Morgan fingerprint density at radius 3 is 1.38 bits per heavy atom. The van der Waals surface area contributed by atoms with Crippen molar-refractivity contribution in [2.75, 3.05) is 0 Å². The molecule has 234 valence electrons. The highest BCUT2D eigenvalue weighted by molar-refractivity contribution is 6.13. The van der Waals surface area contributed by atoms with E-state index in [1.54, 1.807) is 0 Å². The Bertz CT molecular complexity index is 2730. The van der Waals surface area contributed by atoms with Gasteiger partial charge >= 0.3 is 0 Å². The Morgan fingerprint density at radius 1 is 0.260 bits per heavy atom. The van der Waals surface area contributed by atoms with Crippen molar-refractivity contribution in [1.82, 2.24) is 9.13 Å². The lowest BCUT2D eigenvalue weighted by molar-refractivity contribution is 1.17. The number of benzene rings is 8. The van der Waals surface area contributed by atoms with Crippen LogP contribution in [0, 0.1) is 0 Å². The fourth-order valence-corrected chi connectivity index (χ4v) is 7.94. The predicted molar refractivity (Wildman–Crippen MR) is 211 cm³/mol. The predicted octanol–water partition coefficient (Wildman–Crippen LogP) is 12.9. The smallest absolute Gasteiger partial charge is 0.0547 e.